The van der Waals surface area contributed by atoms with Crippen LogP contribution in [0.4, 0.5) is 10.6 Å². The molecule has 0 atom stereocenters. The van der Waals surface area contributed by atoms with Crippen molar-refractivity contribution in [2.45, 2.75) is 65.8 Å². The highest BCUT2D eigenvalue weighted by atomic mass is 16.5. The maximum absolute atomic E-state index is 12.3. The monoisotopic (exact) mass is 359 g/mol. The second-order valence-electron chi connectivity index (χ2n) is 8.97. The van der Waals surface area contributed by atoms with Crippen LogP contribution in [-0.2, 0) is 31.8 Å². The molecule has 2 heterocycles. The molecule has 0 radical (unpaired) electrons. The smallest absolute Gasteiger partial charge is 0.320 e. The fourth-order valence-electron chi connectivity index (χ4n) is 3.21. The van der Waals surface area contributed by atoms with E-state index in [1.54, 1.807) is 4.68 Å². The van der Waals surface area contributed by atoms with Gasteiger partial charge in [-0.25, -0.2) is 4.79 Å². The summed E-state index contributed by atoms with van der Waals surface area (Å²) in [5.41, 5.74) is 3.08. The summed E-state index contributed by atoms with van der Waals surface area (Å²) < 4.78 is 7.14. The van der Waals surface area contributed by atoms with Gasteiger partial charge in [-0.05, 0) is 18.3 Å². The maximum Gasteiger partial charge on any atom is 0.320 e. The van der Waals surface area contributed by atoms with E-state index in [0.29, 0.717) is 12.4 Å². The first-order chi connectivity index (χ1) is 12.0. The third-order valence-electron chi connectivity index (χ3n) is 4.94. The third kappa shape index (κ3) is 3.92. The van der Waals surface area contributed by atoms with Gasteiger partial charge in [-0.3, -0.25) is 10.00 Å². The number of aryl methyl sites for hydroxylation is 2. The van der Waals surface area contributed by atoms with E-state index >= 15 is 0 Å². The van der Waals surface area contributed by atoms with Gasteiger partial charge in [-0.1, -0.05) is 39.8 Å². The summed E-state index contributed by atoms with van der Waals surface area (Å²) in [5.74, 6) is 1.62. The summed E-state index contributed by atoms with van der Waals surface area (Å²) in [6, 6.07) is 1.63. The van der Waals surface area contributed by atoms with E-state index in [2.05, 4.69) is 55.5 Å². The number of hydrogen-bond donors (Lipinski definition) is 2. The van der Waals surface area contributed by atoms with Crippen molar-refractivity contribution >= 4 is 11.8 Å². The molecule has 2 N–H and O–H groups in total. The van der Waals surface area contributed by atoms with E-state index in [1.165, 1.54) is 0 Å². The van der Waals surface area contributed by atoms with E-state index in [-0.39, 0.29) is 16.9 Å². The van der Waals surface area contributed by atoms with Crippen molar-refractivity contribution in [3.8, 4) is 0 Å². The molecule has 7 heteroatoms. The largest absolute Gasteiger partial charge is 0.361 e. The minimum atomic E-state index is -0.278. The van der Waals surface area contributed by atoms with Gasteiger partial charge in [0.25, 0.3) is 0 Å². The average Bonchev–Trinajstić information content (AvgIpc) is 3.08. The number of urea groups is 1. The molecule has 0 aliphatic heterocycles. The van der Waals surface area contributed by atoms with Gasteiger partial charge in [-0.15, -0.1) is 0 Å². The van der Waals surface area contributed by atoms with Gasteiger partial charge >= 0.3 is 6.03 Å². The predicted molar refractivity (Wildman–Crippen MR) is 100 cm³/mol. The molecule has 1 aliphatic carbocycles. The topological polar surface area (TPSA) is 85.0 Å². The molecule has 1 aliphatic rings. The highest BCUT2D eigenvalue weighted by molar-refractivity contribution is 5.88. The van der Waals surface area contributed by atoms with Crippen LogP contribution in [0.5, 0.6) is 0 Å². The van der Waals surface area contributed by atoms with E-state index in [0.717, 1.165) is 42.0 Å². The summed E-state index contributed by atoms with van der Waals surface area (Å²) in [6.07, 6.45) is 2.94. The van der Waals surface area contributed by atoms with Crippen LogP contribution in [0, 0.1) is 5.41 Å². The first-order valence-electron chi connectivity index (χ1n) is 9.11. The highest BCUT2D eigenvalue weighted by Gasteiger charge is 2.30. The zero-order valence-corrected chi connectivity index (χ0v) is 16.6. The van der Waals surface area contributed by atoms with Crippen LogP contribution in [0.25, 0.3) is 0 Å². The molecule has 2 aromatic rings. The van der Waals surface area contributed by atoms with Gasteiger partial charge in [0.1, 0.15) is 17.3 Å². The number of anilines is 1. The third-order valence-corrected chi connectivity index (χ3v) is 4.94. The Bertz CT molecular complexity index is 810. The maximum atomic E-state index is 12.3. The SMILES string of the molecule is Cn1nc(C(C)(C)C)cc1NC(=O)NCc1noc2c1CC(C)(C)CC2. The number of carbonyl (C=O) groups is 1. The lowest BCUT2D eigenvalue weighted by molar-refractivity contribution is 0.251. The van der Waals surface area contributed by atoms with Crippen molar-refractivity contribution in [2.75, 3.05) is 5.32 Å². The number of fused-ring (bicyclic) bond motifs is 1. The van der Waals surface area contributed by atoms with Gasteiger partial charge in [0.2, 0.25) is 0 Å². The number of nitrogens with zero attached hydrogens (tertiary/aromatic N) is 3. The zero-order valence-electron chi connectivity index (χ0n) is 16.6. The Morgan fingerprint density at radius 3 is 2.77 bits per heavy atom. The standard InChI is InChI=1S/C19H29N5O2/c1-18(2,3)15-9-16(24(6)22-15)21-17(25)20-11-13-12-10-19(4,5)8-7-14(12)26-23-13/h9H,7-8,10-11H2,1-6H3,(H2,20,21,25). The number of rotatable bonds is 3. The van der Waals surface area contributed by atoms with Crippen molar-refractivity contribution in [1.82, 2.24) is 20.3 Å². The van der Waals surface area contributed by atoms with Gasteiger partial charge in [0.15, 0.2) is 0 Å². The van der Waals surface area contributed by atoms with Crippen LogP contribution < -0.4 is 10.6 Å². The van der Waals surface area contributed by atoms with Crippen LogP contribution in [0.2, 0.25) is 0 Å². The van der Waals surface area contributed by atoms with E-state index in [4.69, 9.17) is 4.52 Å². The molecular formula is C19H29N5O2. The minimum Gasteiger partial charge on any atom is -0.361 e. The number of hydrogen-bond acceptors (Lipinski definition) is 4. The molecule has 0 saturated carbocycles. The number of amides is 2. The van der Waals surface area contributed by atoms with Crippen molar-refractivity contribution < 1.29 is 9.32 Å². The lowest BCUT2D eigenvalue weighted by atomic mass is 9.76. The fraction of sp³-hybridized carbons (Fsp3) is 0.632. The molecule has 142 valence electrons. The normalized spacial score (nSPS) is 16.2. The summed E-state index contributed by atoms with van der Waals surface area (Å²) in [5, 5.41) is 14.4. The molecular weight excluding hydrogens is 330 g/mol. The van der Waals surface area contributed by atoms with Gasteiger partial charge in [0, 0.05) is 30.5 Å². The van der Waals surface area contributed by atoms with Gasteiger partial charge in [-0.2, -0.15) is 5.10 Å². The van der Waals surface area contributed by atoms with Gasteiger partial charge in [0.05, 0.1) is 12.2 Å². The molecule has 26 heavy (non-hydrogen) atoms. The van der Waals surface area contributed by atoms with Gasteiger partial charge < -0.3 is 9.84 Å². The summed E-state index contributed by atoms with van der Waals surface area (Å²) in [6.45, 7) is 11.1. The summed E-state index contributed by atoms with van der Waals surface area (Å²) in [7, 11) is 1.82. The Morgan fingerprint density at radius 2 is 2.12 bits per heavy atom. The summed E-state index contributed by atoms with van der Waals surface area (Å²) >= 11 is 0. The first kappa shape index (κ1) is 18.5. The molecule has 0 spiro atoms. The molecule has 2 amide bonds. The molecule has 0 aromatic carbocycles. The Labute approximate surface area is 154 Å². The van der Waals surface area contributed by atoms with Crippen LogP contribution in [-0.4, -0.2) is 21.0 Å². The fourth-order valence-corrected chi connectivity index (χ4v) is 3.21. The molecule has 0 saturated heterocycles. The van der Waals surface area contributed by atoms with Crippen molar-refractivity contribution in [2.24, 2.45) is 12.5 Å². The molecule has 3 rings (SSSR count). The number of carbonyl (C=O) groups excluding carboxylic acids is 1. The average molecular weight is 359 g/mol. The Hall–Kier alpha value is -2.31. The van der Waals surface area contributed by atoms with Crippen LogP contribution in [0.3, 0.4) is 0 Å². The lowest BCUT2D eigenvalue weighted by Gasteiger charge is -2.28. The highest BCUT2D eigenvalue weighted by Crippen LogP contribution is 2.36. The summed E-state index contributed by atoms with van der Waals surface area (Å²) in [4.78, 5) is 12.3. The van der Waals surface area contributed by atoms with Crippen molar-refractivity contribution in [3.05, 3.63) is 28.8 Å². The molecule has 0 fully saturated rings. The van der Waals surface area contributed by atoms with Crippen LogP contribution in [0.15, 0.2) is 10.6 Å². The van der Waals surface area contributed by atoms with E-state index < -0.39 is 0 Å². The van der Waals surface area contributed by atoms with Crippen molar-refractivity contribution in [3.63, 3.8) is 0 Å². The molecule has 2 aromatic heterocycles. The van der Waals surface area contributed by atoms with Crippen LogP contribution in [0.1, 0.15) is 63.8 Å². The van der Waals surface area contributed by atoms with E-state index in [9.17, 15) is 4.79 Å². The Balaban J connectivity index is 1.62. The van der Waals surface area contributed by atoms with Crippen molar-refractivity contribution in [1.29, 1.82) is 0 Å². The second-order valence-corrected chi connectivity index (χ2v) is 8.97. The minimum absolute atomic E-state index is 0.0687. The van der Waals surface area contributed by atoms with E-state index in [1.807, 2.05) is 13.1 Å². The Kier molecular flexibility index (Phi) is 4.58. The molecule has 7 nitrogen and oxygen atoms in total. The number of aromatic nitrogens is 3. The molecule has 0 bridgehead atoms. The second kappa shape index (κ2) is 6.45. The van der Waals surface area contributed by atoms with Crippen LogP contribution >= 0.6 is 0 Å². The Morgan fingerprint density at radius 1 is 1.38 bits per heavy atom. The predicted octanol–water partition coefficient (Wildman–Crippen LogP) is 3.54. The zero-order chi connectivity index (χ0) is 19.1. The molecule has 0 unspecified atom stereocenters. The quantitative estimate of drug-likeness (QED) is 0.878. The lowest BCUT2D eigenvalue weighted by Crippen LogP contribution is -2.30. The first-order valence-corrected chi connectivity index (χ1v) is 9.11. The number of nitrogens with one attached hydrogen (secondary N) is 2.